The lowest BCUT2D eigenvalue weighted by Gasteiger charge is -2.16. The first kappa shape index (κ1) is 16.6. The lowest BCUT2D eigenvalue weighted by molar-refractivity contribution is -0.117. The lowest BCUT2D eigenvalue weighted by Crippen LogP contribution is -2.27. The molecule has 0 saturated heterocycles. The first-order valence-electron chi connectivity index (χ1n) is 7.02. The van der Waals surface area contributed by atoms with Gasteiger partial charge in [-0.2, -0.15) is 0 Å². The number of ether oxygens (including phenoxy) is 3. The molecule has 1 amide bonds. The topological polar surface area (TPSA) is 82.8 Å². The van der Waals surface area contributed by atoms with Gasteiger partial charge in [0.15, 0.2) is 11.5 Å². The number of nitrogens with one attached hydrogen (secondary N) is 1. The summed E-state index contributed by atoms with van der Waals surface area (Å²) in [6, 6.07) is 11.7. The van der Waals surface area contributed by atoms with Crippen LogP contribution in [0.4, 0.5) is 5.69 Å². The van der Waals surface area contributed by atoms with Gasteiger partial charge in [0, 0.05) is 17.8 Å². The van der Waals surface area contributed by atoms with Crippen LogP contribution in [-0.2, 0) is 4.79 Å². The van der Waals surface area contributed by atoms with Crippen molar-refractivity contribution in [1.29, 1.82) is 0 Å². The highest BCUT2D eigenvalue weighted by Crippen LogP contribution is 2.40. The van der Waals surface area contributed by atoms with Crippen molar-refractivity contribution in [3.63, 3.8) is 0 Å². The van der Waals surface area contributed by atoms with Crippen LogP contribution in [0.15, 0.2) is 42.5 Å². The summed E-state index contributed by atoms with van der Waals surface area (Å²) in [6.45, 7) is 0. The molecule has 0 aliphatic rings. The van der Waals surface area contributed by atoms with Crippen LogP contribution < -0.4 is 25.3 Å². The summed E-state index contributed by atoms with van der Waals surface area (Å²) in [4.78, 5) is 12.3. The fraction of sp³-hybridized carbons (Fsp3) is 0.235. The molecule has 0 aliphatic carbocycles. The Morgan fingerprint density at radius 3 is 2.04 bits per heavy atom. The lowest BCUT2D eigenvalue weighted by atomic mass is 10.1. The van der Waals surface area contributed by atoms with Crippen molar-refractivity contribution in [3.05, 3.63) is 48.0 Å². The van der Waals surface area contributed by atoms with E-state index in [-0.39, 0.29) is 5.91 Å². The van der Waals surface area contributed by atoms with Gasteiger partial charge in [-0.15, -0.1) is 0 Å². The highest BCUT2D eigenvalue weighted by atomic mass is 16.5. The van der Waals surface area contributed by atoms with E-state index >= 15 is 0 Å². The molecule has 6 nitrogen and oxygen atoms in total. The molecule has 2 aromatic rings. The van der Waals surface area contributed by atoms with E-state index in [0.717, 1.165) is 5.56 Å². The van der Waals surface area contributed by atoms with Crippen LogP contribution in [-0.4, -0.2) is 27.2 Å². The van der Waals surface area contributed by atoms with Crippen LogP contribution in [0.2, 0.25) is 0 Å². The van der Waals surface area contributed by atoms with E-state index in [0.29, 0.717) is 22.9 Å². The maximum absolute atomic E-state index is 12.3. The average Bonchev–Trinajstić information content (AvgIpc) is 2.60. The van der Waals surface area contributed by atoms with Crippen LogP contribution in [0.3, 0.4) is 0 Å². The summed E-state index contributed by atoms with van der Waals surface area (Å²) in [5.74, 6) is 1.04. The first-order valence-corrected chi connectivity index (χ1v) is 7.02. The quantitative estimate of drug-likeness (QED) is 0.855. The van der Waals surface area contributed by atoms with Crippen LogP contribution in [0.25, 0.3) is 0 Å². The highest BCUT2D eigenvalue weighted by molar-refractivity contribution is 5.96. The third kappa shape index (κ3) is 3.73. The van der Waals surface area contributed by atoms with Gasteiger partial charge in [-0.25, -0.2) is 0 Å². The SMILES string of the molecule is COc1cc(NC(=O)[C@@H](N)c2ccccc2)cc(OC)c1OC. The second kappa shape index (κ2) is 7.51. The number of hydrogen-bond acceptors (Lipinski definition) is 5. The zero-order chi connectivity index (χ0) is 16.8. The Kier molecular flexibility index (Phi) is 5.43. The largest absolute Gasteiger partial charge is 0.493 e. The fourth-order valence-corrected chi connectivity index (χ4v) is 2.19. The average molecular weight is 316 g/mol. The van der Waals surface area contributed by atoms with Crippen LogP contribution in [0.5, 0.6) is 17.2 Å². The van der Waals surface area contributed by atoms with E-state index in [2.05, 4.69) is 5.32 Å². The standard InChI is InChI=1S/C17H20N2O4/c1-21-13-9-12(10-14(22-2)16(13)23-3)19-17(20)15(18)11-7-5-4-6-8-11/h4-10,15H,18H2,1-3H3,(H,19,20)/t15-/m0/s1. The molecule has 0 fully saturated rings. The summed E-state index contributed by atoms with van der Waals surface area (Å²) in [6.07, 6.45) is 0. The Bertz CT molecular complexity index is 649. The summed E-state index contributed by atoms with van der Waals surface area (Å²) < 4.78 is 15.8. The summed E-state index contributed by atoms with van der Waals surface area (Å²) >= 11 is 0. The molecular formula is C17H20N2O4. The van der Waals surface area contributed by atoms with Crippen molar-refractivity contribution in [3.8, 4) is 17.2 Å². The summed E-state index contributed by atoms with van der Waals surface area (Å²) in [7, 11) is 4.54. The molecular weight excluding hydrogens is 296 g/mol. The molecule has 0 saturated carbocycles. The Morgan fingerprint density at radius 1 is 1.00 bits per heavy atom. The van der Waals surface area contributed by atoms with Crippen molar-refractivity contribution in [2.75, 3.05) is 26.6 Å². The smallest absolute Gasteiger partial charge is 0.245 e. The first-order chi connectivity index (χ1) is 11.1. The zero-order valence-electron chi connectivity index (χ0n) is 13.3. The monoisotopic (exact) mass is 316 g/mol. The Labute approximate surface area is 135 Å². The van der Waals surface area contributed by atoms with E-state index in [1.54, 1.807) is 24.3 Å². The molecule has 2 rings (SSSR count). The molecule has 0 heterocycles. The van der Waals surface area contributed by atoms with Crippen molar-refractivity contribution < 1.29 is 19.0 Å². The predicted molar refractivity (Wildman–Crippen MR) is 88.1 cm³/mol. The van der Waals surface area contributed by atoms with Gasteiger partial charge in [-0.05, 0) is 5.56 Å². The van der Waals surface area contributed by atoms with Crippen LogP contribution in [0, 0.1) is 0 Å². The normalized spacial score (nSPS) is 11.5. The van der Waals surface area contributed by atoms with E-state index in [9.17, 15) is 4.79 Å². The van der Waals surface area contributed by atoms with Crippen LogP contribution >= 0.6 is 0 Å². The minimum absolute atomic E-state index is 0.328. The van der Waals surface area contributed by atoms with Gasteiger partial charge in [-0.1, -0.05) is 30.3 Å². The molecule has 0 spiro atoms. The second-order valence-corrected chi connectivity index (χ2v) is 4.79. The van der Waals surface area contributed by atoms with Gasteiger partial charge in [0.05, 0.1) is 21.3 Å². The van der Waals surface area contributed by atoms with E-state index < -0.39 is 6.04 Å². The van der Waals surface area contributed by atoms with Crippen molar-refractivity contribution >= 4 is 11.6 Å². The third-order valence-electron chi connectivity index (χ3n) is 3.37. The summed E-state index contributed by atoms with van der Waals surface area (Å²) in [5, 5.41) is 2.76. The van der Waals surface area contributed by atoms with Gasteiger partial charge in [0.2, 0.25) is 11.7 Å². The number of benzene rings is 2. The molecule has 0 radical (unpaired) electrons. The fourth-order valence-electron chi connectivity index (χ4n) is 2.19. The van der Waals surface area contributed by atoms with E-state index in [1.807, 2.05) is 18.2 Å². The number of methoxy groups -OCH3 is 3. The number of carbonyl (C=O) groups is 1. The van der Waals surface area contributed by atoms with Crippen molar-refractivity contribution in [2.45, 2.75) is 6.04 Å². The Morgan fingerprint density at radius 2 is 1.57 bits per heavy atom. The number of carbonyl (C=O) groups excluding carboxylic acids is 1. The van der Waals surface area contributed by atoms with Crippen LogP contribution in [0.1, 0.15) is 11.6 Å². The van der Waals surface area contributed by atoms with Gasteiger partial charge in [-0.3, -0.25) is 4.79 Å². The number of hydrogen-bond donors (Lipinski definition) is 2. The maximum Gasteiger partial charge on any atom is 0.245 e. The number of nitrogens with two attached hydrogens (primary N) is 1. The minimum atomic E-state index is -0.768. The van der Waals surface area contributed by atoms with Gasteiger partial charge < -0.3 is 25.3 Å². The zero-order valence-corrected chi connectivity index (χ0v) is 13.3. The molecule has 1 atom stereocenters. The maximum atomic E-state index is 12.3. The highest BCUT2D eigenvalue weighted by Gasteiger charge is 2.18. The van der Waals surface area contributed by atoms with Crippen molar-refractivity contribution in [2.24, 2.45) is 5.73 Å². The summed E-state index contributed by atoms with van der Waals surface area (Å²) in [5.41, 5.74) is 7.23. The second-order valence-electron chi connectivity index (χ2n) is 4.79. The number of anilines is 1. The van der Waals surface area contributed by atoms with Gasteiger partial charge in [0.25, 0.3) is 0 Å². The molecule has 0 bridgehead atoms. The number of amides is 1. The van der Waals surface area contributed by atoms with E-state index in [1.165, 1.54) is 21.3 Å². The minimum Gasteiger partial charge on any atom is -0.493 e. The molecule has 0 aromatic heterocycles. The molecule has 122 valence electrons. The molecule has 2 aromatic carbocycles. The Hall–Kier alpha value is -2.73. The van der Waals surface area contributed by atoms with Gasteiger partial charge in [0.1, 0.15) is 6.04 Å². The Balaban J connectivity index is 2.24. The molecule has 0 unspecified atom stereocenters. The van der Waals surface area contributed by atoms with E-state index in [4.69, 9.17) is 19.9 Å². The third-order valence-corrected chi connectivity index (χ3v) is 3.37. The predicted octanol–water partition coefficient (Wildman–Crippen LogP) is 2.35. The number of rotatable bonds is 6. The molecule has 23 heavy (non-hydrogen) atoms. The molecule has 6 heteroatoms. The molecule has 3 N–H and O–H groups in total. The van der Waals surface area contributed by atoms with Gasteiger partial charge >= 0.3 is 0 Å². The van der Waals surface area contributed by atoms with Crippen molar-refractivity contribution in [1.82, 2.24) is 0 Å². The molecule has 0 aliphatic heterocycles.